The fourth-order valence-corrected chi connectivity index (χ4v) is 2.26. The molecule has 86 valence electrons. The third-order valence-corrected chi connectivity index (χ3v) is 3.49. The summed E-state index contributed by atoms with van der Waals surface area (Å²) >= 11 is 3.42. The van der Waals surface area contributed by atoms with E-state index in [0.717, 1.165) is 36.1 Å². The van der Waals surface area contributed by atoms with E-state index in [1.54, 1.807) is 0 Å². The van der Waals surface area contributed by atoms with Crippen LogP contribution < -0.4 is 10.6 Å². The predicted octanol–water partition coefficient (Wildman–Crippen LogP) is 2.39. The summed E-state index contributed by atoms with van der Waals surface area (Å²) in [5.74, 6) is 0.208. The van der Waals surface area contributed by atoms with Crippen molar-refractivity contribution >= 4 is 27.5 Å². The minimum atomic E-state index is 0.0980. The number of carbonyl (C=O) groups is 1. The van der Waals surface area contributed by atoms with Gasteiger partial charge in [0.2, 0.25) is 5.91 Å². The molecule has 2 rings (SSSR count). The number of anilines is 1. The monoisotopic (exact) mass is 282 g/mol. The van der Waals surface area contributed by atoms with Crippen molar-refractivity contribution in [1.29, 1.82) is 0 Å². The van der Waals surface area contributed by atoms with Crippen LogP contribution in [0, 0.1) is 5.92 Å². The van der Waals surface area contributed by atoms with E-state index in [1.165, 1.54) is 0 Å². The van der Waals surface area contributed by atoms with Crippen LogP contribution in [-0.2, 0) is 4.79 Å². The van der Waals surface area contributed by atoms with E-state index < -0.39 is 0 Å². The maximum atomic E-state index is 11.9. The van der Waals surface area contributed by atoms with Gasteiger partial charge in [-0.1, -0.05) is 12.1 Å². The highest BCUT2D eigenvalue weighted by molar-refractivity contribution is 9.10. The zero-order chi connectivity index (χ0) is 11.4. The van der Waals surface area contributed by atoms with Crippen molar-refractivity contribution in [2.75, 3.05) is 18.4 Å². The maximum absolute atomic E-state index is 11.9. The molecule has 0 saturated carbocycles. The molecule has 0 unspecified atom stereocenters. The first-order valence-corrected chi connectivity index (χ1v) is 6.33. The van der Waals surface area contributed by atoms with Crippen molar-refractivity contribution < 1.29 is 4.79 Å². The summed E-state index contributed by atoms with van der Waals surface area (Å²) < 4.78 is 0.923. The van der Waals surface area contributed by atoms with Gasteiger partial charge in [0.15, 0.2) is 0 Å². The van der Waals surface area contributed by atoms with Crippen LogP contribution in [0.2, 0.25) is 0 Å². The van der Waals surface area contributed by atoms with Gasteiger partial charge in [0, 0.05) is 11.0 Å². The minimum Gasteiger partial charge on any atom is -0.325 e. The average molecular weight is 283 g/mol. The highest BCUT2D eigenvalue weighted by Crippen LogP contribution is 2.22. The summed E-state index contributed by atoms with van der Waals surface area (Å²) in [7, 11) is 0. The van der Waals surface area contributed by atoms with Gasteiger partial charge in [0.05, 0.1) is 11.6 Å². The van der Waals surface area contributed by atoms with Crippen molar-refractivity contribution in [1.82, 2.24) is 5.32 Å². The lowest BCUT2D eigenvalue weighted by atomic mass is 9.99. The Hall–Kier alpha value is -0.870. The van der Waals surface area contributed by atoms with Crippen LogP contribution in [0.25, 0.3) is 0 Å². The molecular weight excluding hydrogens is 268 g/mol. The second-order valence-corrected chi connectivity index (χ2v) is 4.87. The summed E-state index contributed by atoms with van der Waals surface area (Å²) in [6, 6.07) is 7.67. The number of rotatable bonds is 2. The first-order valence-electron chi connectivity index (χ1n) is 5.53. The first-order chi connectivity index (χ1) is 7.77. The lowest BCUT2D eigenvalue weighted by Gasteiger charge is -2.22. The zero-order valence-electron chi connectivity index (χ0n) is 9.00. The molecule has 4 heteroatoms. The standard InChI is InChI=1S/C12H15BrN2O/c13-10-5-1-2-6-11(10)15-12(16)9-4-3-7-14-8-9/h1-2,5-6,9,14H,3-4,7-8H2,(H,15,16)/t9-/m1/s1. The molecule has 1 aromatic carbocycles. The highest BCUT2D eigenvalue weighted by Gasteiger charge is 2.21. The molecule has 0 bridgehead atoms. The fraction of sp³-hybridized carbons (Fsp3) is 0.417. The van der Waals surface area contributed by atoms with Crippen molar-refractivity contribution in [2.45, 2.75) is 12.8 Å². The average Bonchev–Trinajstić information content (AvgIpc) is 2.33. The minimum absolute atomic E-state index is 0.0980. The topological polar surface area (TPSA) is 41.1 Å². The molecule has 1 amide bonds. The predicted molar refractivity (Wildman–Crippen MR) is 68.4 cm³/mol. The van der Waals surface area contributed by atoms with Crippen molar-refractivity contribution in [3.05, 3.63) is 28.7 Å². The molecule has 1 fully saturated rings. The normalized spacial score (nSPS) is 20.4. The van der Waals surface area contributed by atoms with E-state index >= 15 is 0 Å². The van der Waals surface area contributed by atoms with Crippen molar-refractivity contribution in [2.24, 2.45) is 5.92 Å². The summed E-state index contributed by atoms with van der Waals surface area (Å²) in [6.07, 6.45) is 2.05. The van der Waals surface area contributed by atoms with E-state index in [9.17, 15) is 4.79 Å². The third kappa shape index (κ3) is 2.83. The molecular formula is C12H15BrN2O. The van der Waals surface area contributed by atoms with Gasteiger partial charge in [-0.15, -0.1) is 0 Å². The van der Waals surface area contributed by atoms with Gasteiger partial charge in [-0.2, -0.15) is 0 Å². The number of carbonyl (C=O) groups excluding carboxylic acids is 1. The lowest BCUT2D eigenvalue weighted by molar-refractivity contribution is -0.120. The Kier molecular flexibility index (Phi) is 3.96. The van der Waals surface area contributed by atoms with Gasteiger partial charge in [0.1, 0.15) is 0 Å². The quantitative estimate of drug-likeness (QED) is 0.875. The summed E-state index contributed by atoms with van der Waals surface area (Å²) in [6.45, 7) is 1.81. The highest BCUT2D eigenvalue weighted by atomic mass is 79.9. The SMILES string of the molecule is O=C(Nc1ccccc1Br)[C@@H]1CCCNC1. The molecule has 2 N–H and O–H groups in total. The van der Waals surface area contributed by atoms with Gasteiger partial charge >= 0.3 is 0 Å². The molecule has 1 aromatic rings. The molecule has 1 aliphatic rings. The van der Waals surface area contributed by atoms with Gasteiger partial charge < -0.3 is 10.6 Å². The number of para-hydroxylation sites is 1. The molecule has 3 nitrogen and oxygen atoms in total. The van der Waals surface area contributed by atoms with E-state index in [1.807, 2.05) is 24.3 Å². The van der Waals surface area contributed by atoms with E-state index in [2.05, 4.69) is 26.6 Å². The maximum Gasteiger partial charge on any atom is 0.228 e. The molecule has 0 radical (unpaired) electrons. The van der Waals surface area contributed by atoms with Crippen LogP contribution >= 0.6 is 15.9 Å². The van der Waals surface area contributed by atoms with Crippen molar-refractivity contribution in [3.63, 3.8) is 0 Å². The molecule has 0 spiro atoms. The molecule has 1 atom stereocenters. The number of nitrogens with one attached hydrogen (secondary N) is 2. The number of piperidine rings is 1. The Balaban J connectivity index is 1.99. The van der Waals surface area contributed by atoms with Gasteiger partial charge in [-0.3, -0.25) is 4.79 Å². The third-order valence-electron chi connectivity index (χ3n) is 2.80. The Morgan fingerprint density at radius 2 is 2.25 bits per heavy atom. The van der Waals surface area contributed by atoms with E-state index in [4.69, 9.17) is 0 Å². The zero-order valence-corrected chi connectivity index (χ0v) is 10.6. The summed E-state index contributed by atoms with van der Waals surface area (Å²) in [5, 5.41) is 6.20. The molecule has 1 aliphatic heterocycles. The largest absolute Gasteiger partial charge is 0.325 e. The summed E-state index contributed by atoms with van der Waals surface area (Å²) in [4.78, 5) is 11.9. The van der Waals surface area contributed by atoms with Gasteiger partial charge in [-0.05, 0) is 47.4 Å². The number of amides is 1. The first kappa shape index (κ1) is 11.6. The smallest absolute Gasteiger partial charge is 0.228 e. The van der Waals surface area contributed by atoms with Gasteiger partial charge in [-0.25, -0.2) is 0 Å². The van der Waals surface area contributed by atoms with Crippen LogP contribution in [0.5, 0.6) is 0 Å². The van der Waals surface area contributed by atoms with E-state index in [0.29, 0.717) is 0 Å². The molecule has 1 saturated heterocycles. The van der Waals surface area contributed by atoms with Crippen LogP contribution in [-0.4, -0.2) is 19.0 Å². The number of hydrogen-bond acceptors (Lipinski definition) is 2. The Labute approximate surface area is 104 Å². The van der Waals surface area contributed by atoms with E-state index in [-0.39, 0.29) is 11.8 Å². The Morgan fingerprint density at radius 3 is 2.94 bits per heavy atom. The number of hydrogen-bond donors (Lipinski definition) is 2. The second-order valence-electron chi connectivity index (χ2n) is 4.01. The Morgan fingerprint density at radius 1 is 1.44 bits per heavy atom. The lowest BCUT2D eigenvalue weighted by Crippen LogP contribution is -2.37. The van der Waals surface area contributed by atoms with Crippen LogP contribution in [0.3, 0.4) is 0 Å². The molecule has 0 aromatic heterocycles. The van der Waals surface area contributed by atoms with Gasteiger partial charge in [0.25, 0.3) is 0 Å². The second kappa shape index (κ2) is 5.46. The van der Waals surface area contributed by atoms with Crippen LogP contribution in [0.15, 0.2) is 28.7 Å². The molecule has 1 heterocycles. The molecule has 16 heavy (non-hydrogen) atoms. The van der Waals surface area contributed by atoms with Crippen LogP contribution in [0.1, 0.15) is 12.8 Å². The molecule has 0 aliphatic carbocycles. The van der Waals surface area contributed by atoms with Crippen LogP contribution in [0.4, 0.5) is 5.69 Å². The fourth-order valence-electron chi connectivity index (χ4n) is 1.87. The summed E-state index contributed by atoms with van der Waals surface area (Å²) in [5.41, 5.74) is 0.845. The Bertz CT molecular complexity index is 375. The number of halogens is 1. The number of benzene rings is 1. The van der Waals surface area contributed by atoms with Crippen molar-refractivity contribution in [3.8, 4) is 0 Å².